The molecule has 0 fully saturated rings. The molecule has 4 N–H and O–H groups in total. The third-order valence-electron chi connectivity index (χ3n) is 2.77. The number of carbonyl (C=O) groups is 1. The van der Waals surface area contributed by atoms with Gasteiger partial charge in [0.25, 0.3) is 5.91 Å². The fraction of sp³-hybridized carbons (Fsp3) is 0.308. The van der Waals surface area contributed by atoms with Crippen molar-refractivity contribution in [3.8, 4) is 0 Å². The fourth-order valence-corrected chi connectivity index (χ4v) is 2.50. The van der Waals surface area contributed by atoms with E-state index in [9.17, 15) is 4.79 Å². The maximum atomic E-state index is 12.2. The number of carbonyl (C=O) groups excluding carboxylic acids is 1. The lowest BCUT2D eigenvalue weighted by molar-refractivity contribution is 0.102. The predicted octanol–water partition coefficient (Wildman–Crippen LogP) is 2.51. The lowest BCUT2D eigenvalue weighted by Crippen LogP contribution is -2.18. The van der Waals surface area contributed by atoms with Gasteiger partial charge >= 0.3 is 0 Å². The molecule has 2 rings (SSSR count). The predicted molar refractivity (Wildman–Crippen MR) is 80.9 cm³/mol. The quantitative estimate of drug-likeness (QED) is 0.594. The van der Waals surface area contributed by atoms with E-state index in [1.54, 1.807) is 6.07 Å². The lowest BCUT2D eigenvalue weighted by atomic mass is 10.2. The molecule has 0 spiro atoms. The van der Waals surface area contributed by atoms with Gasteiger partial charge in [-0.05, 0) is 18.9 Å². The van der Waals surface area contributed by atoms with Crippen LogP contribution in [0.3, 0.4) is 0 Å². The van der Waals surface area contributed by atoms with E-state index in [-0.39, 0.29) is 5.91 Å². The number of hydrogen-bond donors (Lipinski definition) is 3. The van der Waals surface area contributed by atoms with Crippen LogP contribution in [0.1, 0.15) is 41.5 Å². The number of nitrogen functional groups attached to an aromatic ring is 1. The largest absolute Gasteiger partial charge is 0.323 e. The smallest absolute Gasteiger partial charge is 0.261 e. The second-order valence-electron chi connectivity index (χ2n) is 4.70. The monoisotopic (exact) mass is 291 g/mol. The van der Waals surface area contributed by atoms with Gasteiger partial charge in [0.05, 0.1) is 16.9 Å². The maximum Gasteiger partial charge on any atom is 0.261 e. The molecule has 0 unspecified atom stereocenters. The van der Waals surface area contributed by atoms with Crippen molar-refractivity contribution in [2.75, 3.05) is 10.7 Å². The van der Waals surface area contributed by atoms with Crippen molar-refractivity contribution < 1.29 is 4.79 Å². The van der Waals surface area contributed by atoms with E-state index >= 15 is 0 Å². The van der Waals surface area contributed by atoms with Crippen LogP contribution in [0.2, 0.25) is 0 Å². The zero-order chi connectivity index (χ0) is 14.7. The van der Waals surface area contributed by atoms with Gasteiger partial charge in [-0.2, -0.15) is 0 Å². The number of nitrogens with two attached hydrogens (primary N) is 1. The number of hydrogen-bond acceptors (Lipinski definition) is 6. The molecule has 2 aromatic heterocycles. The highest BCUT2D eigenvalue weighted by Crippen LogP contribution is 2.23. The molecular weight excluding hydrogens is 274 g/mol. The van der Waals surface area contributed by atoms with Crippen molar-refractivity contribution >= 4 is 28.1 Å². The van der Waals surface area contributed by atoms with Crippen LogP contribution in [0, 0.1) is 6.92 Å². The maximum absolute atomic E-state index is 12.2. The minimum absolute atomic E-state index is 0.282. The van der Waals surface area contributed by atoms with Crippen molar-refractivity contribution in [1.29, 1.82) is 0 Å². The molecule has 2 heterocycles. The molecule has 106 valence electrons. The number of hydrazine groups is 1. The normalized spacial score (nSPS) is 10.7. The first kappa shape index (κ1) is 14.4. The van der Waals surface area contributed by atoms with E-state index in [1.807, 2.05) is 12.3 Å². The number of pyridine rings is 1. The van der Waals surface area contributed by atoms with Crippen LogP contribution in [-0.4, -0.2) is 15.9 Å². The molecule has 7 heteroatoms. The van der Waals surface area contributed by atoms with Crippen LogP contribution >= 0.6 is 11.3 Å². The molecular formula is C13H17N5OS. The summed E-state index contributed by atoms with van der Waals surface area (Å²) in [6.45, 7) is 5.94. The summed E-state index contributed by atoms with van der Waals surface area (Å²) >= 11 is 1.40. The summed E-state index contributed by atoms with van der Waals surface area (Å²) in [4.78, 5) is 20.7. The molecule has 0 saturated carbocycles. The van der Waals surface area contributed by atoms with Crippen molar-refractivity contribution in [1.82, 2.24) is 9.97 Å². The van der Waals surface area contributed by atoms with E-state index in [0.717, 1.165) is 11.4 Å². The van der Waals surface area contributed by atoms with E-state index in [4.69, 9.17) is 5.84 Å². The van der Waals surface area contributed by atoms with Crippen molar-refractivity contribution in [2.24, 2.45) is 5.84 Å². The highest BCUT2D eigenvalue weighted by Gasteiger charge is 2.14. The Morgan fingerprint density at radius 1 is 1.45 bits per heavy atom. The Hall–Kier alpha value is -1.99. The third kappa shape index (κ3) is 3.12. The van der Waals surface area contributed by atoms with Gasteiger partial charge in [-0.15, -0.1) is 11.3 Å². The number of amides is 1. The van der Waals surface area contributed by atoms with Gasteiger partial charge in [0.2, 0.25) is 0 Å². The van der Waals surface area contributed by atoms with Crippen LogP contribution in [0.25, 0.3) is 0 Å². The molecule has 1 amide bonds. The molecule has 0 atom stereocenters. The second kappa shape index (κ2) is 5.98. The summed E-state index contributed by atoms with van der Waals surface area (Å²) in [6, 6.07) is 1.72. The molecule has 0 radical (unpaired) electrons. The van der Waals surface area contributed by atoms with E-state index in [0.29, 0.717) is 22.3 Å². The number of nitrogens with one attached hydrogen (secondary N) is 2. The van der Waals surface area contributed by atoms with Gasteiger partial charge in [0.15, 0.2) is 5.13 Å². The Morgan fingerprint density at radius 2 is 2.20 bits per heavy atom. The zero-order valence-electron chi connectivity index (χ0n) is 11.6. The molecule has 6 nitrogen and oxygen atoms in total. The number of thiazole rings is 1. The Kier molecular flexibility index (Phi) is 4.31. The molecule has 0 bridgehead atoms. The van der Waals surface area contributed by atoms with E-state index < -0.39 is 0 Å². The first-order valence-electron chi connectivity index (χ1n) is 6.21. The summed E-state index contributed by atoms with van der Waals surface area (Å²) in [5.41, 5.74) is 5.18. The van der Waals surface area contributed by atoms with Crippen LogP contribution in [0.15, 0.2) is 17.6 Å². The third-order valence-corrected chi connectivity index (χ3v) is 3.55. The summed E-state index contributed by atoms with van der Waals surface area (Å²) < 4.78 is 0. The minimum atomic E-state index is -0.282. The lowest BCUT2D eigenvalue weighted by Gasteiger charge is -2.08. The van der Waals surface area contributed by atoms with E-state index in [2.05, 4.69) is 34.6 Å². The van der Waals surface area contributed by atoms with Crippen molar-refractivity contribution in [2.45, 2.75) is 26.7 Å². The van der Waals surface area contributed by atoms with Gasteiger partial charge in [0, 0.05) is 17.3 Å². The highest BCUT2D eigenvalue weighted by molar-refractivity contribution is 7.14. The Balaban J connectivity index is 2.19. The number of anilines is 2. The van der Waals surface area contributed by atoms with Crippen LogP contribution in [0.5, 0.6) is 0 Å². The van der Waals surface area contributed by atoms with Gasteiger partial charge in [0.1, 0.15) is 0 Å². The molecule has 0 aliphatic carbocycles. The average Bonchev–Trinajstić information content (AvgIpc) is 2.87. The topological polar surface area (TPSA) is 92.9 Å². The Labute approximate surface area is 121 Å². The summed E-state index contributed by atoms with van der Waals surface area (Å²) in [6.07, 6.45) is 1.50. The van der Waals surface area contributed by atoms with Gasteiger partial charge in [-0.25, -0.2) is 4.98 Å². The number of rotatable bonds is 4. The molecule has 20 heavy (non-hydrogen) atoms. The first-order valence-corrected chi connectivity index (χ1v) is 7.09. The molecule has 0 aliphatic rings. The van der Waals surface area contributed by atoms with Gasteiger partial charge in [-0.3, -0.25) is 20.9 Å². The highest BCUT2D eigenvalue weighted by atomic mass is 32.1. The zero-order valence-corrected chi connectivity index (χ0v) is 12.4. The standard InChI is InChI=1S/C13H17N5OS/c1-7(2)11-6-20-13(16-11)17-12(19)9-5-15-8(3)4-10(9)18-14/h4-7H,14H2,1-3H3,(H,15,18)(H,16,17,19). The van der Waals surface area contributed by atoms with Crippen LogP contribution < -0.4 is 16.6 Å². The van der Waals surface area contributed by atoms with Crippen molar-refractivity contribution in [3.05, 3.63) is 34.6 Å². The number of aromatic nitrogens is 2. The van der Waals surface area contributed by atoms with Crippen LogP contribution in [0.4, 0.5) is 10.8 Å². The molecule has 0 saturated heterocycles. The average molecular weight is 291 g/mol. The summed E-state index contributed by atoms with van der Waals surface area (Å²) in [7, 11) is 0. The number of aryl methyl sites for hydroxylation is 1. The first-order chi connectivity index (χ1) is 9.51. The van der Waals surface area contributed by atoms with Gasteiger partial charge in [-0.1, -0.05) is 13.8 Å². The fourth-order valence-electron chi connectivity index (χ4n) is 1.63. The van der Waals surface area contributed by atoms with Crippen LogP contribution in [-0.2, 0) is 0 Å². The second-order valence-corrected chi connectivity index (χ2v) is 5.56. The minimum Gasteiger partial charge on any atom is -0.323 e. The molecule has 0 aromatic carbocycles. The number of nitrogens with zero attached hydrogens (tertiary/aromatic N) is 2. The molecule has 2 aromatic rings. The Bertz CT molecular complexity index is 623. The molecule has 0 aliphatic heterocycles. The summed E-state index contributed by atoms with van der Waals surface area (Å²) in [5.74, 6) is 5.47. The van der Waals surface area contributed by atoms with E-state index in [1.165, 1.54) is 17.5 Å². The SMILES string of the molecule is Cc1cc(NN)c(C(=O)Nc2nc(C(C)C)cs2)cn1. The van der Waals surface area contributed by atoms with Gasteiger partial charge < -0.3 is 5.43 Å². The summed E-state index contributed by atoms with van der Waals surface area (Å²) in [5, 5.41) is 5.27. The van der Waals surface area contributed by atoms with Crippen molar-refractivity contribution in [3.63, 3.8) is 0 Å². The Morgan fingerprint density at radius 3 is 2.80 bits per heavy atom.